The van der Waals surface area contributed by atoms with Gasteiger partial charge in [-0.2, -0.15) is 0 Å². The van der Waals surface area contributed by atoms with Crippen molar-refractivity contribution in [1.29, 1.82) is 0 Å². The number of methoxy groups -OCH3 is 1. The molecular weight excluding hydrogens is 264 g/mol. The van der Waals surface area contributed by atoms with Gasteiger partial charge in [-0.15, -0.1) is 0 Å². The molecule has 0 fully saturated rings. The van der Waals surface area contributed by atoms with Crippen LogP contribution in [0.25, 0.3) is 0 Å². The molecule has 0 radical (unpaired) electrons. The second kappa shape index (κ2) is 8.29. The maximum atomic E-state index is 5.83. The van der Waals surface area contributed by atoms with Gasteiger partial charge in [0.2, 0.25) is 0 Å². The fourth-order valence-electron chi connectivity index (χ4n) is 2.01. The Morgan fingerprint density at radius 2 is 1.81 bits per heavy atom. The summed E-state index contributed by atoms with van der Waals surface area (Å²) in [6.07, 6.45) is 0. The zero-order valence-electron chi connectivity index (χ0n) is 12.3. The first-order valence-corrected chi connectivity index (χ1v) is 7.08. The third-order valence-corrected chi connectivity index (χ3v) is 3.12. The normalized spacial score (nSPS) is 10.4. The molecule has 112 valence electrons. The third-order valence-electron chi connectivity index (χ3n) is 3.12. The fourth-order valence-corrected chi connectivity index (χ4v) is 2.01. The molecule has 0 aliphatic heterocycles. The second-order valence-corrected chi connectivity index (χ2v) is 4.72. The van der Waals surface area contributed by atoms with E-state index < -0.39 is 0 Å². The summed E-state index contributed by atoms with van der Waals surface area (Å²) in [5, 5.41) is 3.26. The van der Waals surface area contributed by atoms with E-state index in [1.54, 1.807) is 7.11 Å². The molecule has 4 nitrogen and oxygen atoms in total. The predicted octanol–water partition coefficient (Wildman–Crippen LogP) is 2.32. The van der Waals surface area contributed by atoms with E-state index in [0.29, 0.717) is 13.2 Å². The first-order chi connectivity index (χ1) is 10.3. The van der Waals surface area contributed by atoms with Crippen LogP contribution in [0.15, 0.2) is 48.5 Å². The summed E-state index contributed by atoms with van der Waals surface area (Å²) in [6, 6.07) is 16.0. The molecule has 0 amide bonds. The van der Waals surface area contributed by atoms with Crippen LogP contribution in [0.4, 0.5) is 0 Å². The maximum absolute atomic E-state index is 5.83. The highest BCUT2D eigenvalue weighted by Gasteiger charge is 2.06. The molecule has 2 aromatic carbocycles. The van der Waals surface area contributed by atoms with Gasteiger partial charge in [0.1, 0.15) is 6.61 Å². The van der Waals surface area contributed by atoms with Gasteiger partial charge in [0.15, 0.2) is 11.5 Å². The van der Waals surface area contributed by atoms with E-state index in [-0.39, 0.29) is 0 Å². The van der Waals surface area contributed by atoms with Crippen molar-refractivity contribution in [3.8, 4) is 11.5 Å². The summed E-state index contributed by atoms with van der Waals surface area (Å²) < 4.78 is 11.2. The van der Waals surface area contributed by atoms with Crippen LogP contribution < -0.4 is 20.5 Å². The number of rotatable bonds is 8. The average Bonchev–Trinajstić information content (AvgIpc) is 2.54. The summed E-state index contributed by atoms with van der Waals surface area (Å²) >= 11 is 0. The van der Waals surface area contributed by atoms with Gasteiger partial charge >= 0.3 is 0 Å². The quantitative estimate of drug-likeness (QED) is 0.731. The Hall–Kier alpha value is -2.04. The van der Waals surface area contributed by atoms with Crippen LogP contribution in [-0.4, -0.2) is 20.2 Å². The van der Waals surface area contributed by atoms with E-state index in [4.69, 9.17) is 15.2 Å². The molecule has 3 N–H and O–H groups in total. The molecular formula is C17H22N2O2. The summed E-state index contributed by atoms with van der Waals surface area (Å²) in [5.41, 5.74) is 7.74. The zero-order valence-corrected chi connectivity index (χ0v) is 12.3. The van der Waals surface area contributed by atoms with Gasteiger partial charge in [-0.05, 0) is 23.3 Å². The standard InChI is InChI=1S/C17H22N2O2/c1-20-17-11-15(12-19-10-9-18)7-8-16(17)21-13-14-5-3-2-4-6-14/h2-8,11,19H,9-10,12-13,18H2,1H3. The average molecular weight is 286 g/mol. The minimum atomic E-state index is 0.530. The fraction of sp³-hybridized carbons (Fsp3) is 0.294. The Kier molecular flexibility index (Phi) is 6.06. The Morgan fingerprint density at radius 3 is 2.52 bits per heavy atom. The minimum absolute atomic E-state index is 0.530. The summed E-state index contributed by atoms with van der Waals surface area (Å²) in [6.45, 7) is 2.73. The molecule has 2 rings (SSSR count). The molecule has 0 aromatic heterocycles. The van der Waals surface area contributed by atoms with E-state index in [0.717, 1.165) is 35.7 Å². The Labute approximate surface area is 125 Å². The van der Waals surface area contributed by atoms with Crippen molar-refractivity contribution in [3.63, 3.8) is 0 Å². The Morgan fingerprint density at radius 1 is 1.00 bits per heavy atom. The van der Waals surface area contributed by atoms with E-state index in [1.165, 1.54) is 0 Å². The van der Waals surface area contributed by atoms with Crippen molar-refractivity contribution >= 4 is 0 Å². The van der Waals surface area contributed by atoms with Crippen LogP contribution in [0.5, 0.6) is 11.5 Å². The molecule has 0 saturated heterocycles. The van der Waals surface area contributed by atoms with Crippen LogP contribution in [0, 0.1) is 0 Å². The molecule has 2 aromatic rings. The van der Waals surface area contributed by atoms with E-state index in [2.05, 4.69) is 5.32 Å². The monoisotopic (exact) mass is 286 g/mol. The van der Waals surface area contributed by atoms with Crippen LogP contribution in [0.2, 0.25) is 0 Å². The largest absolute Gasteiger partial charge is 0.493 e. The van der Waals surface area contributed by atoms with Crippen LogP contribution in [0.1, 0.15) is 11.1 Å². The topological polar surface area (TPSA) is 56.5 Å². The van der Waals surface area contributed by atoms with Crippen LogP contribution >= 0.6 is 0 Å². The van der Waals surface area contributed by atoms with Gasteiger partial charge in [-0.1, -0.05) is 36.4 Å². The van der Waals surface area contributed by atoms with Gasteiger partial charge in [0.05, 0.1) is 7.11 Å². The number of ether oxygens (including phenoxy) is 2. The van der Waals surface area contributed by atoms with Crippen molar-refractivity contribution in [2.75, 3.05) is 20.2 Å². The number of hydrogen-bond donors (Lipinski definition) is 2. The lowest BCUT2D eigenvalue weighted by molar-refractivity contribution is 0.284. The smallest absolute Gasteiger partial charge is 0.161 e. The van der Waals surface area contributed by atoms with E-state index in [9.17, 15) is 0 Å². The highest BCUT2D eigenvalue weighted by Crippen LogP contribution is 2.28. The summed E-state index contributed by atoms with van der Waals surface area (Å²) in [7, 11) is 1.65. The van der Waals surface area contributed by atoms with Gasteiger partial charge in [-0.25, -0.2) is 0 Å². The Bertz CT molecular complexity index is 544. The second-order valence-electron chi connectivity index (χ2n) is 4.72. The van der Waals surface area contributed by atoms with Crippen molar-refractivity contribution in [2.24, 2.45) is 5.73 Å². The number of nitrogens with two attached hydrogens (primary N) is 1. The lowest BCUT2D eigenvalue weighted by atomic mass is 10.2. The lowest BCUT2D eigenvalue weighted by Gasteiger charge is -2.12. The predicted molar refractivity (Wildman–Crippen MR) is 84.5 cm³/mol. The zero-order chi connectivity index (χ0) is 14.9. The van der Waals surface area contributed by atoms with Crippen molar-refractivity contribution < 1.29 is 9.47 Å². The molecule has 4 heteroatoms. The number of hydrogen-bond acceptors (Lipinski definition) is 4. The molecule has 0 atom stereocenters. The SMILES string of the molecule is COc1cc(CNCCN)ccc1OCc1ccccc1. The van der Waals surface area contributed by atoms with Crippen LogP contribution in [-0.2, 0) is 13.2 Å². The lowest BCUT2D eigenvalue weighted by Crippen LogP contribution is -2.21. The minimum Gasteiger partial charge on any atom is -0.493 e. The van der Waals surface area contributed by atoms with E-state index >= 15 is 0 Å². The van der Waals surface area contributed by atoms with Gasteiger partial charge in [-0.3, -0.25) is 0 Å². The molecule has 0 unspecified atom stereocenters. The number of nitrogens with one attached hydrogen (secondary N) is 1. The van der Waals surface area contributed by atoms with Crippen molar-refractivity contribution in [1.82, 2.24) is 5.32 Å². The molecule has 21 heavy (non-hydrogen) atoms. The highest BCUT2D eigenvalue weighted by molar-refractivity contribution is 5.43. The summed E-state index contributed by atoms with van der Waals surface area (Å²) in [4.78, 5) is 0. The highest BCUT2D eigenvalue weighted by atomic mass is 16.5. The Balaban J connectivity index is 1.99. The van der Waals surface area contributed by atoms with Gasteiger partial charge in [0.25, 0.3) is 0 Å². The number of benzene rings is 2. The van der Waals surface area contributed by atoms with Crippen LogP contribution in [0.3, 0.4) is 0 Å². The summed E-state index contributed by atoms with van der Waals surface area (Å²) in [5.74, 6) is 1.50. The first kappa shape index (κ1) is 15.4. The third kappa shape index (κ3) is 4.77. The molecule has 0 heterocycles. The van der Waals surface area contributed by atoms with E-state index in [1.807, 2.05) is 48.5 Å². The van der Waals surface area contributed by atoms with Crippen molar-refractivity contribution in [2.45, 2.75) is 13.2 Å². The molecule has 0 saturated carbocycles. The molecule has 0 bridgehead atoms. The molecule has 0 aliphatic carbocycles. The molecule has 0 aliphatic rings. The van der Waals surface area contributed by atoms with Crippen molar-refractivity contribution in [3.05, 3.63) is 59.7 Å². The van der Waals surface area contributed by atoms with Gasteiger partial charge < -0.3 is 20.5 Å². The first-order valence-electron chi connectivity index (χ1n) is 7.08. The van der Waals surface area contributed by atoms with Gasteiger partial charge in [0, 0.05) is 19.6 Å². The maximum Gasteiger partial charge on any atom is 0.161 e. The molecule has 0 spiro atoms.